The van der Waals surface area contributed by atoms with Gasteiger partial charge in [-0.3, -0.25) is 4.98 Å². The lowest BCUT2D eigenvalue weighted by molar-refractivity contribution is 0.616. The van der Waals surface area contributed by atoms with Crippen LogP contribution >= 0.6 is 11.6 Å². The quantitative estimate of drug-likeness (QED) is 0.866. The number of aromatic nitrogens is 1. The van der Waals surface area contributed by atoms with Crippen molar-refractivity contribution in [1.29, 1.82) is 0 Å². The molecule has 0 fully saturated rings. The zero-order valence-corrected chi connectivity index (χ0v) is 10.2. The second-order valence-corrected chi connectivity index (χ2v) is 4.65. The molecule has 0 radical (unpaired) electrons. The monoisotopic (exact) mass is 234 g/mol. The summed E-state index contributed by atoms with van der Waals surface area (Å²) in [7, 11) is 0. The van der Waals surface area contributed by atoms with Crippen LogP contribution in [0, 0.1) is 0 Å². The highest BCUT2D eigenvalue weighted by atomic mass is 35.5. The standard InChI is InChI=1S/C13H15ClN2/c1-8(9(2)15)11-5-6-16-13-7-10(14)3-4-12(11)13/h3-9H,15H2,1-2H3. The summed E-state index contributed by atoms with van der Waals surface area (Å²) >= 11 is 5.95. The highest BCUT2D eigenvalue weighted by Gasteiger charge is 2.13. The molecule has 16 heavy (non-hydrogen) atoms. The minimum atomic E-state index is 0.126. The van der Waals surface area contributed by atoms with Gasteiger partial charge in [0.25, 0.3) is 0 Å². The molecule has 3 heteroatoms. The van der Waals surface area contributed by atoms with E-state index < -0.39 is 0 Å². The van der Waals surface area contributed by atoms with Crippen molar-refractivity contribution in [3.05, 3.63) is 41.0 Å². The molecule has 1 aromatic heterocycles. The Morgan fingerprint density at radius 1 is 1.25 bits per heavy atom. The first kappa shape index (κ1) is 11.4. The molecule has 0 spiro atoms. The fourth-order valence-corrected chi connectivity index (χ4v) is 1.99. The maximum absolute atomic E-state index is 5.95. The summed E-state index contributed by atoms with van der Waals surface area (Å²) in [6, 6.07) is 7.95. The topological polar surface area (TPSA) is 38.9 Å². The van der Waals surface area contributed by atoms with Crippen molar-refractivity contribution in [1.82, 2.24) is 4.98 Å². The van der Waals surface area contributed by atoms with Gasteiger partial charge in [-0.05, 0) is 36.6 Å². The van der Waals surface area contributed by atoms with Gasteiger partial charge in [0.05, 0.1) is 5.52 Å². The molecule has 2 atom stereocenters. The van der Waals surface area contributed by atoms with Crippen molar-refractivity contribution < 1.29 is 0 Å². The molecule has 0 aliphatic carbocycles. The predicted octanol–water partition coefficient (Wildman–Crippen LogP) is 3.34. The minimum absolute atomic E-state index is 0.126. The Bertz CT molecular complexity index is 508. The van der Waals surface area contributed by atoms with E-state index in [2.05, 4.69) is 11.9 Å². The van der Waals surface area contributed by atoms with E-state index in [-0.39, 0.29) is 6.04 Å². The molecule has 0 saturated heterocycles. The van der Waals surface area contributed by atoms with Gasteiger partial charge in [0.1, 0.15) is 0 Å². The molecule has 0 aliphatic rings. The Hall–Kier alpha value is -1.12. The first-order valence-electron chi connectivity index (χ1n) is 5.39. The zero-order chi connectivity index (χ0) is 11.7. The summed E-state index contributed by atoms with van der Waals surface area (Å²) in [4.78, 5) is 4.32. The summed E-state index contributed by atoms with van der Waals surface area (Å²) in [5.41, 5.74) is 8.10. The van der Waals surface area contributed by atoms with E-state index >= 15 is 0 Å². The fourth-order valence-electron chi connectivity index (χ4n) is 1.82. The van der Waals surface area contributed by atoms with E-state index in [0.717, 1.165) is 10.9 Å². The number of hydrogen-bond donors (Lipinski definition) is 1. The van der Waals surface area contributed by atoms with Gasteiger partial charge < -0.3 is 5.73 Å². The van der Waals surface area contributed by atoms with E-state index in [4.69, 9.17) is 17.3 Å². The summed E-state index contributed by atoms with van der Waals surface area (Å²) in [5.74, 6) is 0.312. The summed E-state index contributed by atoms with van der Waals surface area (Å²) in [6.07, 6.45) is 1.81. The molecule has 2 rings (SSSR count). The van der Waals surface area contributed by atoms with Crippen LogP contribution in [-0.4, -0.2) is 11.0 Å². The van der Waals surface area contributed by atoms with Crippen molar-refractivity contribution in [2.24, 2.45) is 5.73 Å². The number of hydrogen-bond acceptors (Lipinski definition) is 2. The van der Waals surface area contributed by atoms with E-state index in [1.54, 1.807) is 0 Å². The van der Waals surface area contributed by atoms with Crippen LogP contribution in [0.2, 0.25) is 5.02 Å². The maximum Gasteiger partial charge on any atom is 0.0719 e. The molecule has 2 nitrogen and oxygen atoms in total. The molecule has 2 aromatic rings. The Morgan fingerprint density at radius 3 is 2.69 bits per heavy atom. The van der Waals surface area contributed by atoms with E-state index in [9.17, 15) is 0 Å². The Labute approximate surface area is 100 Å². The Kier molecular flexibility index (Phi) is 3.13. The van der Waals surface area contributed by atoms with Crippen LogP contribution in [0.5, 0.6) is 0 Å². The lowest BCUT2D eigenvalue weighted by Crippen LogP contribution is -2.22. The van der Waals surface area contributed by atoms with Crippen LogP contribution < -0.4 is 5.73 Å². The van der Waals surface area contributed by atoms with Crippen molar-refractivity contribution in [3.63, 3.8) is 0 Å². The summed E-state index contributed by atoms with van der Waals surface area (Å²) in [5, 5.41) is 1.85. The van der Waals surface area contributed by atoms with Gasteiger partial charge in [-0.15, -0.1) is 0 Å². The van der Waals surface area contributed by atoms with Gasteiger partial charge in [-0.25, -0.2) is 0 Å². The summed E-state index contributed by atoms with van der Waals surface area (Å²) < 4.78 is 0. The van der Waals surface area contributed by atoms with Crippen LogP contribution in [0.4, 0.5) is 0 Å². The third-order valence-corrected chi connectivity index (χ3v) is 3.25. The van der Waals surface area contributed by atoms with E-state index in [1.807, 2.05) is 37.4 Å². The van der Waals surface area contributed by atoms with Crippen molar-refractivity contribution >= 4 is 22.5 Å². The average molecular weight is 235 g/mol. The summed E-state index contributed by atoms with van der Waals surface area (Å²) in [6.45, 7) is 4.15. The predicted molar refractivity (Wildman–Crippen MR) is 68.8 cm³/mol. The molecule has 84 valence electrons. The lowest BCUT2D eigenvalue weighted by atomic mass is 9.92. The highest BCUT2D eigenvalue weighted by Crippen LogP contribution is 2.27. The molecule has 2 unspecified atom stereocenters. The first-order valence-corrected chi connectivity index (χ1v) is 5.77. The second kappa shape index (κ2) is 4.40. The fraction of sp³-hybridized carbons (Fsp3) is 0.308. The zero-order valence-electron chi connectivity index (χ0n) is 9.44. The molecule has 0 amide bonds. The largest absolute Gasteiger partial charge is 0.327 e. The Balaban J connectivity index is 2.62. The van der Waals surface area contributed by atoms with Gasteiger partial charge in [0, 0.05) is 22.6 Å². The van der Waals surface area contributed by atoms with Crippen LogP contribution in [0.15, 0.2) is 30.5 Å². The molecule has 0 aliphatic heterocycles. The van der Waals surface area contributed by atoms with Gasteiger partial charge >= 0.3 is 0 Å². The lowest BCUT2D eigenvalue weighted by Gasteiger charge is -2.17. The van der Waals surface area contributed by atoms with Crippen LogP contribution in [0.1, 0.15) is 25.3 Å². The van der Waals surface area contributed by atoms with Gasteiger partial charge in [-0.1, -0.05) is 24.6 Å². The number of pyridine rings is 1. The number of nitrogens with zero attached hydrogens (tertiary/aromatic N) is 1. The highest BCUT2D eigenvalue weighted by molar-refractivity contribution is 6.31. The molecule has 2 N–H and O–H groups in total. The SMILES string of the molecule is CC(N)C(C)c1ccnc2cc(Cl)ccc12. The van der Waals surface area contributed by atoms with Crippen LogP contribution in [0.3, 0.4) is 0 Å². The molecule has 1 aromatic carbocycles. The molecule has 0 bridgehead atoms. The smallest absolute Gasteiger partial charge is 0.0719 e. The van der Waals surface area contributed by atoms with E-state index in [0.29, 0.717) is 10.9 Å². The third-order valence-electron chi connectivity index (χ3n) is 3.02. The molecule has 0 saturated carbocycles. The maximum atomic E-state index is 5.95. The van der Waals surface area contributed by atoms with Crippen molar-refractivity contribution in [2.75, 3.05) is 0 Å². The van der Waals surface area contributed by atoms with Gasteiger partial charge in [0.2, 0.25) is 0 Å². The Morgan fingerprint density at radius 2 is 2.00 bits per heavy atom. The van der Waals surface area contributed by atoms with Gasteiger partial charge in [-0.2, -0.15) is 0 Å². The number of nitrogens with two attached hydrogens (primary N) is 1. The minimum Gasteiger partial charge on any atom is -0.327 e. The first-order chi connectivity index (χ1) is 7.59. The number of halogens is 1. The normalized spacial score (nSPS) is 15.0. The molecule has 1 heterocycles. The van der Waals surface area contributed by atoms with E-state index in [1.165, 1.54) is 5.56 Å². The van der Waals surface area contributed by atoms with Crippen molar-refractivity contribution in [3.8, 4) is 0 Å². The average Bonchev–Trinajstić information content (AvgIpc) is 2.26. The number of fused-ring (bicyclic) bond motifs is 1. The molecular weight excluding hydrogens is 220 g/mol. The number of benzene rings is 1. The molecular formula is C13H15ClN2. The van der Waals surface area contributed by atoms with Gasteiger partial charge in [0.15, 0.2) is 0 Å². The second-order valence-electron chi connectivity index (χ2n) is 4.21. The number of rotatable bonds is 2. The van der Waals surface area contributed by atoms with Crippen LogP contribution in [0.25, 0.3) is 10.9 Å². The third kappa shape index (κ3) is 2.04. The van der Waals surface area contributed by atoms with Crippen LogP contribution in [-0.2, 0) is 0 Å². The van der Waals surface area contributed by atoms with Crippen molar-refractivity contribution in [2.45, 2.75) is 25.8 Å².